The minimum atomic E-state index is 0.00417. The molecule has 106 valence electrons. The van der Waals surface area contributed by atoms with E-state index in [1.807, 2.05) is 43.3 Å². The van der Waals surface area contributed by atoms with Crippen LogP contribution < -0.4 is 15.5 Å². The fourth-order valence-corrected chi connectivity index (χ4v) is 1.86. The SMILES string of the molecule is CCC(CC)NCC(=O)Nc1ccc(N(C)C)cc1. The van der Waals surface area contributed by atoms with Crippen molar-refractivity contribution in [2.24, 2.45) is 0 Å². The second kappa shape index (κ2) is 7.79. The van der Waals surface area contributed by atoms with Gasteiger partial charge in [0.2, 0.25) is 5.91 Å². The Hall–Kier alpha value is -1.55. The highest BCUT2D eigenvalue weighted by molar-refractivity contribution is 5.92. The molecular weight excluding hydrogens is 238 g/mol. The van der Waals surface area contributed by atoms with Crippen molar-refractivity contribution in [3.05, 3.63) is 24.3 Å². The Balaban J connectivity index is 2.44. The molecule has 0 fully saturated rings. The van der Waals surface area contributed by atoms with E-state index >= 15 is 0 Å². The summed E-state index contributed by atoms with van der Waals surface area (Å²) in [4.78, 5) is 13.8. The number of rotatable bonds is 7. The lowest BCUT2D eigenvalue weighted by Crippen LogP contribution is -2.35. The minimum Gasteiger partial charge on any atom is -0.378 e. The van der Waals surface area contributed by atoms with Gasteiger partial charge in [-0.25, -0.2) is 0 Å². The van der Waals surface area contributed by atoms with Gasteiger partial charge in [0, 0.05) is 31.5 Å². The lowest BCUT2D eigenvalue weighted by molar-refractivity contribution is -0.115. The third kappa shape index (κ3) is 5.30. The van der Waals surface area contributed by atoms with Crippen LogP contribution in [0.5, 0.6) is 0 Å². The number of benzene rings is 1. The number of nitrogens with one attached hydrogen (secondary N) is 2. The summed E-state index contributed by atoms with van der Waals surface area (Å²) < 4.78 is 0. The van der Waals surface area contributed by atoms with E-state index in [0.717, 1.165) is 24.2 Å². The van der Waals surface area contributed by atoms with E-state index in [2.05, 4.69) is 24.5 Å². The summed E-state index contributed by atoms with van der Waals surface area (Å²) in [7, 11) is 3.99. The van der Waals surface area contributed by atoms with Crippen molar-refractivity contribution in [2.75, 3.05) is 30.9 Å². The maximum Gasteiger partial charge on any atom is 0.238 e. The van der Waals surface area contributed by atoms with E-state index in [0.29, 0.717) is 12.6 Å². The Morgan fingerprint density at radius 1 is 1.16 bits per heavy atom. The molecule has 1 aromatic carbocycles. The first-order valence-electron chi connectivity index (χ1n) is 6.87. The first-order chi connectivity index (χ1) is 9.06. The van der Waals surface area contributed by atoms with Crippen LogP contribution in [-0.4, -0.2) is 32.6 Å². The van der Waals surface area contributed by atoms with Gasteiger partial charge in [-0.3, -0.25) is 4.79 Å². The molecular formula is C15H25N3O. The van der Waals surface area contributed by atoms with Crippen LogP contribution in [0.15, 0.2) is 24.3 Å². The molecule has 0 spiro atoms. The highest BCUT2D eigenvalue weighted by Crippen LogP contribution is 2.15. The third-order valence-electron chi connectivity index (χ3n) is 3.20. The number of nitrogens with zero attached hydrogens (tertiary/aromatic N) is 1. The molecule has 0 saturated heterocycles. The molecule has 0 saturated carbocycles. The zero-order valence-corrected chi connectivity index (χ0v) is 12.4. The molecule has 4 nitrogen and oxygen atoms in total. The summed E-state index contributed by atoms with van der Waals surface area (Å²) in [5, 5.41) is 6.14. The van der Waals surface area contributed by atoms with Crippen LogP contribution in [0, 0.1) is 0 Å². The second-order valence-electron chi connectivity index (χ2n) is 4.88. The summed E-state index contributed by atoms with van der Waals surface area (Å²) >= 11 is 0. The molecule has 0 radical (unpaired) electrons. The molecule has 0 aliphatic rings. The molecule has 0 heterocycles. The summed E-state index contributed by atoms with van der Waals surface area (Å²) in [5.74, 6) is 0.00417. The standard InChI is InChI=1S/C15H25N3O/c1-5-12(6-2)16-11-15(19)17-13-7-9-14(10-8-13)18(3)4/h7-10,12,16H,5-6,11H2,1-4H3,(H,17,19). The molecule has 1 amide bonds. The van der Waals surface area contributed by atoms with Gasteiger partial charge in [-0.2, -0.15) is 0 Å². The molecule has 0 aliphatic carbocycles. The van der Waals surface area contributed by atoms with Crippen molar-refractivity contribution >= 4 is 17.3 Å². The van der Waals surface area contributed by atoms with E-state index in [4.69, 9.17) is 0 Å². The monoisotopic (exact) mass is 263 g/mol. The number of anilines is 2. The maximum absolute atomic E-state index is 11.8. The second-order valence-corrected chi connectivity index (χ2v) is 4.88. The van der Waals surface area contributed by atoms with Gasteiger partial charge in [0.15, 0.2) is 0 Å². The molecule has 0 aliphatic heterocycles. The quantitative estimate of drug-likeness (QED) is 0.794. The summed E-state index contributed by atoms with van der Waals surface area (Å²) in [6.07, 6.45) is 2.09. The Labute approximate surface area is 116 Å². The lowest BCUT2D eigenvalue weighted by Gasteiger charge is -2.15. The van der Waals surface area contributed by atoms with Crippen molar-refractivity contribution in [2.45, 2.75) is 32.7 Å². The van der Waals surface area contributed by atoms with Crippen molar-refractivity contribution in [3.63, 3.8) is 0 Å². The van der Waals surface area contributed by atoms with Gasteiger partial charge in [-0.1, -0.05) is 13.8 Å². The molecule has 1 aromatic rings. The summed E-state index contributed by atoms with van der Waals surface area (Å²) in [6, 6.07) is 8.24. The van der Waals surface area contributed by atoms with Gasteiger partial charge in [0.25, 0.3) is 0 Å². The lowest BCUT2D eigenvalue weighted by atomic mass is 10.2. The minimum absolute atomic E-state index is 0.00417. The molecule has 0 atom stereocenters. The number of amides is 1. The van der Waals surface area contributed by atoms with Crippen LogP contribution in [0.3, 0.4) is 0 Å². The molecule has 0 aromatic heterocycles. The smallest absolute Gasteiger partial charge is 0.238 e. The van der Waals surface area contributed by atoms with Crippen LogP contribution in [0.1, 0.15) is 26.7 Å². The van der Waals surface area contributed by atoms with Gasteiger partial charge < -0.3 is 15.5 Å². The van der Waals surface area contributed by atoms with Crippen LogP contribution in [0.25, 0.3) is 0 Å². The van der Waals surface area contributed by atoms with Crippen LogP contribution in [0.4, 0.5) is 11.4 Å². The largest absolute Gasteiger partial charge is 0.378 e. The van der Waals surface area contributed by atoms with Gasteiger partial charge in [0.1, 0.15) is 0 Å². The van der Waals surface area contributed by atoms with Gasteiger partial charge in [0.05, 0.1) is 6.54 Å². The Bertz CT molecular complexity index is 383. The van der Waals surface area contributed by atoms with Gasteiger partial charge in [-0.15, -0.1) is 0 Å². The zero-order valence-electron chi connectivity index (χ0n) is 12.4. The molecule has 4 heteroatoms. The number of hydrogen-bond donors (Lipinski definition) is 2. The van der Waals surface area contributed by atoms with Crippen molar-refractivity contribution < 1.29 is 4.79 Å². The van der Waals surface area contributed by atoms with Gasteiger partial charge >= 0.3 is 0 Å². The third-order valence-corrected chi connectivity index (χ3v) is 3.20. The summed E-state index contributed by atoms with van der Waals surface area (Å²) in [6.45, 7) is 4.61. The van der Waals surface area contributed by atoms with Crippen molar-refractivity contribution in [3.8, 4) is 0 Å². The van der Waals surface area contributed by atoms with Crippen LogP contribution in [0.2, 0.25) is 0 Å². The summed E-state index contributed by atoms with van der Waals surface area (Å²) in [5.41, 5.74) is 1.95. The van der Waals surface area contributed by atoms with Crippen LogP contribution >= 0.6 is 0 Å². The van der Waals surface area contributed by atoms with E-state index < -0.39 is 0 Å². The number of carbonyl (C=O) groups excluding carboxylic acids is 1. The average molecular weight is 263 g/mol. The Morgan fingerprint density at radius 2 is 1.74 bits per heavy atom. The molecule has 1 rings (SSSR count). The van der Waals surface area contributed by atoms with E-state index in [-0.39, 0.29) is 5.91 Å². The first-order valence-corrected chi connectivity index (χ1v) is 6.87. The van der Waals surface area contributed by atoms with E-state index in [1.54, 1.807) is 0 Å². The molecule has 0 bridgehead atoms. The number of hydrogen-bond acceptors (Lipinski definition) is 3. The zero-order chi connectivity index (χ0) is 14.3. The number of carbonyl (C=O) groups is 1. The van der Waals surface area contributed by atoms with E-state index in [1.165, 1.54) is 0 Å². The predicted molar refractivity (Wildman–Crippen MR) is 81.8 cm³/mol. The molecule has 2 N–H and O–H groups in total. The molecule has 19 heavy (non-hydrogen) atoms. The molecule has 0 unspecified atom stereocenters. The predicted octanol–water partition coefficient (Wildman–Crippen LogP) is 2.47. The average Bonchev–Trinajstić information content (AvgIpc) is 2.40. The normalized spacial score (nSPS) is 10.6. The van der Waals surface area contributed by atoms with Gasteiger partial charge in [-0.05, 0) is 37.1 Å². The fraction of sp³-hybridized carbons (Fsp3) is 0.533. The van der Waals surface area contributed by atoms with E-state index in [9.17, 15) is 4.79 Å². The van der Waals surface area contributed by atoms with Crippen LogP contribution in [-0.2, 0) is 4.79 Å². The Kier molecular flexibility index (Phi) is 6.36. The maximum atomic E-state index is 11.8. The highest BCUT2D eigenvalue weighted by Gasteiger charge is 2.06. The van der Waals surface area contributed by atoms with Crippen molar-refractivity contribution in [1.82, 2.24) is 5.32 Å². The highest BCUT2D eigenvalue weighted by atomic mass is 16.1. The topological polar surface area (TPSA) is 44.4 Å². The van der Waals surface area contributed by atoms with Crippen molar-refractivity contribution in [1.29, 1.82) is 0 Å². The fourth-order valence-electron chi connectivity index (χ4n) is 1.86. The Morgan fingerprint density at radius 3 is 2.21 bits per heavy atom. The first kappa shape index (κ1) is 15.5.